The quantitative estimate of drug-likeness (QED) is 0.731. The standard InChI is InChI=1S/C18H17F2N5/c1-11-12(2)23-18(22-10-14-5-3-4-8-21-14)25-17(11)24-16-7-6-13(19)9-15(16)20/h3-9H,10H2,1-2H3,(H2,22,23,24,25). The SMILES string of the molecule is Cc1nc(NCc2ccccn2)nc(Nc2ccc(F)cc2F)c1C. The van der Waals surface area contributed by atoms with Crippen molar-refractivity contribution in [3.8, 4) is 0 Å². The monoisotopic (exact) mass is 341 g/mol. The van der Waals surface area contributed by atoms with Crippen molar-refractivity contribution in [1.82, 2.24) is 15.0 Å². The molecular formula is C18H17F2N5. The second-order valence-electron chi connectivity index (χ2n) is 5.53. The number of aryl methyl sites for hydroxylation is 1. The summed E-state index contributed by atoms with van der Waals surface area (Å²) < 4.78 is 26.9. The van der Waals surface area contributed by atoms with E-state index >= 15 is 0 Å². The first-order valence-electron chi connectivity index (χ1n) is 7.74. The highest BCUT2D eigenvalue weighted by atomic mass is 19.1. The zero-order valence-electron chi connectivity index (χ0n) is 13.8. The normalized spacial score (nSPS) is 10.6. The third-order valence-electron chi connectivity index (χ3n) is 3.73. The number of hydrogen-bond acceptors (Lipinski definition) is 5. The van der Waals surface area contributed by atoms with Crippen LogP contribution in [0, 0.1) is 25.5 Å². The number of benzene rings is 1. The maximum atomic E-state index is 13.9. The Morgan fingerprint density at radius 1 is 1.04 bits per heavy atom. The van der Waals surface area contributed by atoms with Gasteiger partial charge in [-0.1, -0.05) is 6.07 Å². The average Bonchev–Trinajstić information content (AvgIpc) is 2.60. The summed E-state index contributed by atoms with van der Waals surface area (Å²) in [5, 5.41) is 6.00. The number of nitrogens with zero attached hydrogens (tertiary/aromatic N) is 3. The number of halogens is 2. The van der Waals surface area contributed by atoms with Crippen molar-refractivity contribution in [2.75, 3.05) is 10.6 Å². The highest BCUT2D eigenvalue weighted by Crippen LogP contribution is 2.24. The predicted molar refractivity (Wildman–Crippen MR) is 92.7 cm³/mol. The minimum absolute atomic E-state index is 0.151. The van der Waals surface area contributed by atoms with E-state index in [9.17, 15) is 8.78 Å². The van der Waals surface area contributed by atoms with Gasteiger partial charge in [-0.05, 0) is 38.1 Å². The van der Waals surface area contributed by atoms with E-state index in [1.807, 2.05) is 32.0 Å². The number of pyridine rings is 1. The van der Waals surface area contributed by atoms with E-state index in [0.29, 0.717) is 18.3 Å². The molecular weight excluding hydrogens is 324 g/mol. The van der Waals surface area contributed by atoms with Gasteiger partial charge in [0.2, 0.25) is 5.95 Å². The molecule has 0 radical (unpaired) electrons. The zero-order valence-corrected chi connectivity index (χ0v) is 13.8. The van der Waals surface area contributed by atoms with Crippen LogP contribution in [-0.4, -0.2) is 15.0 Å². The summed E-state index contributed by atoms with van der Waals surface area (Å²) in [5.41, 5.74) is 2.54. The number of anilines is 3. The molecule has 0 fully saturated rings. The molecule has 0 spiro atoms. The van der Waals surface area contributed by atoms with Gasteiger partial charge >= 0.3 is 0 Å². The fraction of sp³-hybridized carbons (Fsp3) is 0.167. The summed E-state index contributed by atoms with van der Waals surface area (Å²) in [6, 6.07) is 8.98. The molecule has 0 aliphatic carbocycles. The molecule has 2 heterocycles. The maximum absolute atomic E-state index is 13.9. The van der Waals surface area contributed by atoms with E-state index in [-0.39, 0.29) is 5.69 Å². The molecule has 0 unspecified atom stereocenters. The Balaban J connectivity index is 1.82. The van der Waals surface area contributed by atoms with Gasteiger partial charge in [-0.2, -0.15) is 4.98 Å². The first-order chi connectivity index (χ1) is 12.0. The molecule has 5 nitrogen and oxygen atoms in total. The van der Waals surface area contributed by atoms with Crippen molar-refractivity contribution >= 4 is 17.5 Å². The van der Waals surface area contributed by atoms with Gasteiger partial charge in [-0.25, -0.2) is 13.8 Å². The van der Waals surface area contributed by atoms with Crippen LogP contribution in [-0.2, 0) is 6.54 Å². The molecule has 2 N–H and O–H groups in total. The third-order valence-corrected chi connectivity index (χ3v) is 3.73. The summed E-state index contributed by atoms with van der Waals surface area (Å²) in [6.45, 7) is 4.14. The van der Waals surface area contributed by atoms with Gasteiger partial charge in [-0.3, -0.25) is 4.98 Å². The Bertz CT molecular complexity index is 884. The van der Waals surface area contributed by atoms with Crippen LogP contribution in [0.25, 0.3) is 0 Å². The molecule has 0 aliphatic heterocycles. The minimum atomic E-state index is -0.682. The van der Waals surface area contributed by atoms with Gasteiger partial charge in [-0.15, -0.1) is 0 Å². The molecule has 128 valence electrons. The van der Waals surface area contributed by atoms with Crippen LogP contribution in [0.5, 0.6) is 0 Å². The van der Waals surface area contributed by atoms with Crippen LogP contribution in [0.3, 0.4) is 0 Å². The average molecular weight is 341 g/mol. The van der Waals surface area contributed by atoms with Gasteiger partial charge in [0, 0.05) is 23.5 Å². The van der Waals surface area contributed by atoms with E-state index < -0.39 is 11.6 Å². The van der Waals surface area contributed by atoms with E-state index in [2.05, 4.69) is 25.6 Å². The van der Waals surface area contributed by atoms with Gasteiger partial charge in [0.25, 0.3) is 0 Å². The summed E-state index contributed by atoms with van der Waals surface area (Å²) in [5.74, 6) is -0.449. The van der Waals surface area contributed by atoms with E-state index in [1.54, 1.807) is 6.20 Å². The molecule has 1 aromatic carbocycles. The van der Waals surface area contributed by atoms with Gasteiger partial charge in [0.15, 0.2) is 0 Å². The van der Waals surface area contributed by atoms with Crippen molar-refractivity contribution in [3.05, 3.63) is 71.2 Å². The lowest BCUT2D eigenvalue weighted by Crippen LogP contribution is -2.09. The molecule has 0 atom stereocenters. The van der Waals surface area contributed by atoms with Gasteiger partial charge in [0.1, 0.15) is 17.5 Å². The lowest BCUT2D eigenvalue weighted by molar-refractivity contribution is 0.586. The number of nitrogens with one attached hydrogen (secondary N) is 2. The van der Waals surface area contributed by atoms with Crippen LogP contribution >= 0.6 is 0 Å². The molecule has 2 aromatic heterocycles. The van der Waals surface area contributed by atoms with Gasteiger partial charge < -0.3 is 10.6 Å². The number of rotatable bonds is 5. The van der Waals surface area contributed by atoms with Crippen LogP contribution < -0.4 is 10.6 Å². The van der Waals surface area contributed by atoms with Crippen LogP contribution in [0.4, 0.5) is 26.2 Å². The third kappa shape index (κ3) is 4.06. The molecule has 0 amide bonds. The van der Waals surface area contributed by atoms with Crippen molar-refractivity contribution in [2.24, 2.45) is 0 Å². The summed E-state index contributed by atoms with van der Waals surface area (Å²) in [4.78, 5) is 13.0. The maximum Gasteiger partial charge on any atom is 0.225 e. The van der Waals surface area contributed by atoms with Crippen LogP contribution in [0.1, 0.15) is 17.0 Å². The first-order valence-corrected chi connectivity index (χ1v) is 7.74. The Kier molecular flexibility index (Phi) is 4.83. The molecule has 0 bridgehead atoms. The molecule has 3 rings (SSSR count). The van der Waals surface area contributed by atoms with Crippen molar-refractivity contribution in [2.45, 2.75) is 20.4 Å². The van der Waals surface area contributed by atoms with Crippen molar-refractivity contribution in [3.63, 3.8) is 0 Å². The Morgan fingerprint density at radius 3 is 2.60 bits per heavy atom. The largest absolute Gasteiger partial charge is 0.349 e. The van der Waals surface area contributed by atoms with E-state index in [4.69, 9.17) is 0 Å². The first kappa shape index (κ1) is 16.8. The molecule has 7 heteroatoms. The van der Waals surface area contributed by atoms with Crippen molar-refractivity contribution < 1.29 is 8.78 Å². The Hall–Kier alpha value is -3.09. The fourth-order valence-electron chi connectivity index (χ4n) is 2.22. The highest BCUT2D eigenvalue weighted by Gasteiger charge is 2.11. The van der Waals surface area contributed by atoms with Gasteiger partial charge in [0.05, 0.1) is 17.9 Å². The fourth-order valence-corrected chi connectivity index (χ4v) is 2.22. The lowest BCUT2D eigenvalue weighted by Gasteiger charge is -2.13. The Morgan fingerprint density at radius 2 is 1.88 bits per heavy atom. The molecule has 0 saturated carbocycles. The van der Waals surface area contributed by atoms with E-state index in [0.717, 1.165) is 23.0 Å². The smallest absolute Gasteiger partial charge is 0.225 e. The van der Waals surface area contributed by atoms with Crippen LogP contribution in [0.15, 0.2) is 42.6 Å². The molecule has 0 saturated heterocycles. The number of hydrogen-bond donors (Lipinski definition) is 2. The Labute approximate surface area is 144 Å². The topological polar surface area (TPSA) is 62.7 Å². The minimum Gasteiger partial charge on any atom is -0.349 e. The highest BCUT2D eigenvalue weighted by molar-refractivity contribution is 5.61. The molecule has 25 heavy (non-hydrogen) atoms. The lowest BCUT2D eigenvalue weighted by atomic mass is 10.2. The summed E-state index contributed by atoms with van der Waals surface area (Å²) >= 11 is 0. The zero-order chi connectivity index (χ0) is 17.8. The van der Waals surface area contributed by atoms with E-state index in [1.165, 1.54) is 12.1 Å². The second kappa shape index (κ2) is 7.21. The molecule has 3 aromatic rings. The molecule has 0 aliphatic rings. The second-order valence-corrected chi connectivity index (χ2v) is 5.53. The summed E-state index contributed by atoms with van der Waals surface area (Å²) in [6.07, 6.45) is 1.71. The predicted octanol–water partition coefficient (Wildman–Crippen LogP) is 4.12. The van der Waals surface area contributed by atoms with Crippen LogP contribution in [0.2, 0.25) is 0 Å². The summed E-state index contributed by atoms with van der Waals surface area (Å²) in [7, 11) is 0. The van der Waals surface area contributed by atoms with Crippen molar-refractivity contribution in [1.29, 1.82) is 0 Å². The number of aromatic nitrogens is 3.